The van der Waals surface area contributed by atoms with E-state index in [-0.39, 0.29) is 36.4 Å². The maximum Gasteiger partial charge on any atom is 0.243 e. The van der Waals surface area contributed by atoms with Crippen LogP contribution in [-0.2, 0) is 14.3 Å². The van der Waals surface area contributed by atoms with Gasteiger partial charge in [0.1, 0.15) is 6.54 Å². The van der Waals surface area contributed by atoms with E-state index in [1.807, 2.05) is 0 Å². The molecule has 1 aliphatic heterocycles. The summed E-state index contributed by atoms with van der Waals surface area (Å²) in [6, 6.07) is 0.329. The summed E-state index contributed by atoms with van der Waals surface area (Å²) in [6.45, 7) is 8.30. The summed E-state index contributed by atoms with van der Waals surface area (Å²) < 4.78 is 10.6. The number of rotatable bonds is 9. The van der Waals surface area contributed by atoms with Crippen LogP contribution in [0.2, 0.25) is 0 Å². The lowest BCUT2D eigenvalue weighted by Gasteiger charge is -2.25. The fraction of sp³-hybridized carbons (Fsp3) is 0.882. The topological polar surface area (TPSA) is 66.4 Å². The molecule has 1 rings (SSSR count). The first-order chi connectivity index (χ1) is 11.5. The van der Waals surface area contributed by atoms with Crippen LogP contribution in [0.15, 0.2) is 4.99 Å². The number of hydrogen-bond acceptors (Lipinski definition) is 4. The number of hydrogen-bond donors (Lipinski definition) is 1. The van der Waals surface area contributed by atoms with Gasteiger partial charge in [0, 0.05) is 46.3 Å². The van der Waals surface area contributed by atoms with Gasteiger partial charge < -0.3 is 24.6 Å². The number of ether oxygens (including phenoxy) is 2. The summed E-state index contributed by atoms with van der Waals surface area (Å²) in [5.41, 5.74) is 0. The van der Waals surface area contributed by atoms with Gasteiger partial charge in [-0.1, -0.05) is 6.92 Å². The molecule has 0 radical (unpaired) electrons. The molecule has 0 aromatic heterocycles. The summed E-state index contributed by atoms with van der Waals surface area (Å²) in [7, 11) is 5.19. The Morgan fingerprint density at radius 1 is 1.40 bits per heavy atom. The molecule has 7 nitrogen and oxygen atoms in total. The van der Waals surface area contributed by atoms with Crippen molar-refractivity contribution >= 4 is 35.8 Å². The number of likely N-dealkylation sites (tertiary alicyclic amines) is 1. The van der Waals surface area contributed by atoms with Crippen LogP contribution in [0.5, 0.6) is 0 Å². The van der Waals surface area contributed by atoms with Gasteiger partial charge in [-0.2, -0.15) is 0 Å². The van der Waals surface area contributed by atoms with Crippen LogP contribution in [0, 0.1) is 5.92 Å². The molecular weight excluding hydrogens is 435 g/mol. The molecule has 25 heavy (non-hydrogen) atoms. The number of halogens is 1. The summed E-state index contributed by atoms with van der Waals surface area (Å²) in [4.78, 5) is 20.2. The highest BCUT2D eigenvalue weighted by Crippen LogP contribution is 2.17. The molecule has 0 saturated carbocycles. The number of likely N-dealkylation sites (N-methyl/N-ethyl adjacent to an activating group) is 1. The third-order valence-electron chi connectivity index (χ3n) is 4.22. The molecule has 8 heteroatoms. The standard InChI is InChI=1S/C17H34N4O3.HI/c1-6-14(2)19-17(18-11-16(22)20(3)4)21-8-7-15(12-21)13-24-10-9-23-5;/h14-15H,6-13H2,1-5H3,(H,18,19);1H. The minimum Gasteiger partial charge on any atom is -0.382 e. The Labute approximate surface area is 169 Å². The summed E-state index contributed by atoms with van der Waals surface area (Å²) in [5, 5.41) is 3.44. The van der Waals surface area contributed by atoms with Crippen molar-refractivity contribution in [2.45, 2.75) is 32.7 Å². The largest absolute Gasteiger partial charge is 0.382 e. The molecule has 1 N–H and O–H groups in total. The third kappa shape index (κ3) is 9.60. The third-order valence-corrected chi connectivity index (χ3v) is 4.22. The first kappa shape index (κ1) is 24.4. The maximum absolute atomic E-state index is 11.8. The van der Waals surface area contributed by atoms with Gasteiger partial charge in [-0.15, -0.1) is 24.0 Å². The van der Waals surface area contributed by atoms with Crippen LogP contribution in [0.25, 0.3) is 0 Å². The number of aliphatic imine (C=N–C) groups is 1. The average molecular weight is 470 g/mol. The van der Waals surface area contributed by atoms with Crippen molar-refractivity contribution in [3.05, 3.63) is 0 Å². The van der Waals surface area contributed by atoms with Gasteiger partial charge in [0.05, 0.1) is 19.8 Å². The van der Waals surface area contributed by atoms with Crippen LogP contribution >= 0.6 is 24.0 Å². The summed E-state index contributed by atoms with van der Waals surface area (Å²) >= 11 is 0. The highest BCUT2D eigenvalue weighted by Gasteiger charge is 2.26. The van der Waals surface area contributed by atoms with Crippen LogP contribution in [0.3, 0.4) is 0 Å². The predicted molar refractivity (Wildman–Crippen MR) is 112 cm³/mol. The van der Waals surface area contributed by atoms with E-state index in [9.17, 15) is 4.79 Å². The Morgan fingerprint density at radius 2 is 2.12 bits per heavy atom. The Balaban J connectivity index is 0.00000576. The lowest BCUT2D eigenvalue weighted by molar-refractivity contribution is -0.127. The van der Waals surface area contributed by atoms with Crippen LogP contribution < -0.4 is 5.32 Å². The Kier molecular flexibility index (Phi) is 13.2. The highest BCUT2D eigenvalue weighted by atomic mass is 127. The lowest BCUT2D eigenvalue weighted by atomic mass is 10.1. The minimum absolute atomic E-state index is 0. The van der Waals surface area contributed by atoms with Crippen LogP contribution in [0.4, 0.5) is 0 Å². The van der Waals surface area contributed by atoms with Crippen molar-refractivity contribution in [3.8, 4) is 0 Å². The van der Waals surface area contributed by atoms with E-state index in [0.29, 0.717) is 25.2 Å². The zero-order valence-corrected chi connectivity index (χ0v) is 18.6. The Bertz CT molecular complexity index is 407. The van der Waals surface area contributed by atoms with E-state index >= 15 is 0 Å². The Morgan fingerprint density at radius 3 is 2.72 bits per heavy atom. The summed E-state index contributed by atoms with van der Waals surface area (Å²) in [6.07, 6.45) is 2.09. The van der Waals surface area contributed by atoms with E-state index < -0.39 is 0 Å². The quantitative estimate of drug-likeness (QED) is 0.239. The van der Waals surface area contributed by atoms with E-state index in [1.165, 1.54) is 0 Å². The van der Waals surface area contributed by atoms with Crippen LogP contribution in [-0.4, -0.2) is 88.4 Å². The number of carbonyl (C=O) groups excluding carboxylic acids is 1. The molecule has 0 aromatic carbocycles. The number of guanidine groups is 1. The smallest absolute Gasteiger partial charge is 0.243 e. The lowest BCUT2D eigenvalue weighted by Crippen LogP contribution is -2.44. The molecule has 1 fully saturated rings. The summed E-state index contributed by atoms with van der Waals surface area (Å²) in [5.74, 6) is 1.34. The van der Waals surface area contributed by atoms with E-state index in [2.05, 4.69) is 29.1 Å². The van der Waals surface area contributed by atoms with Crippen molar-refractivity contribution in [2.75, 3.05) is 60.7 Å². The SMILES string of the molecule is CCC(C)NC(=NCC(=O)N(C)C)N1CCC(COCCOC)C1.I. The van der Waals surface area contributed by atoms with Crippen molar-refractivity contribution in [1.82, 2.24) is 15.1 Å². The van der Waals surface area contributed by atoms with Gasteiger partial charge in [-0.05, 0) is 19.8 Å². The van der Waals surface area contributed by atoms with Crippen LogP contribution in [0.1, 0.15) is 26.7 Å². The van der Waals surface area contributed by atoms with E-state index in [0.717, 1.165) is 38.5 Å². The normalized spacial score (nSPS) is 18.7. The second-order valence-electron chi connectivity index (χ2n) is 6.55. The molecular formula is C17H35IN4O3. The zero-order valence-electron chi connectivity index (χ0n) is 16.3. The van der Waals surface area contributed by atoms with E-state index in [1.54, 1.807) is 26.1 Å². The molecule has 1 amide bonds. The van der Waals surface area contributed by atoms with Gasteiger partial charge in [0.25, 0.3) is 0 Å². The molecule has 148 valence electrons. The predicted octanol–water partition coefficient (Wildman–Crippen LogP) is 1.42. The van der Waals surface area contributed by atoms with Crippen molar-refractivity contribution in [3.63, 3.8) is 0 Å². The van der Waals surface area contributed by atoms with Gasteiger partial charge in [-0.3, -0.25) is 4.79 Å². The number of carbonyl (C=O) groups is 1. The molecule has 2 atom stereocenters. The minimum atomic E-state index is 0. The number of amides is 1. The monoisotopic (exact) mass is 470 g/mol. The van der Waals surface area contributed by atoms with Crippen molar-refractivity contribution < 1.29 is 14.3 Å². The molecule has 0 aromatic rings. The van der Waals surface area contributed by atoms with Crippen molar-refractivity contribution in [2.24, 2.45) is 10.9 Å². The highest BCUT2D eigenvalue weighted by molar-refractivity contribution is 14.0. The zero-order chi connectivity index (χ0) is 17.9. The van der Waals surface area contributed by atoms with Crippen molar-refractivity contribution in [1.29, 1.82) is 0 Å². The molecule has 0 bridgehead atoms. The molecule has 0 spiro atoms. The van der Waals surface area contributed by atoms with E-state index in [4.69, 9.17) is 9.47 Å². The molecule has 0 aliphatic carbocycles. The molecule has 1 heterocycles. The first-order valence-electron chi connectivity index (χ1n) is 8.80. The number of nitrogens with one attached hydrogen (secondary N) is 1. The fourth-order valence-corrected chi connectivity index (χ4v) is 2.40. The molecule has 2 unspecified atom stereocenters. The maximum atomic E-state index is 11.8. The van der Waals surface area contributed by atoms with Gasteiger partial charge in [0.15, 0.2) is 5.96 Å². The molecule has 1 aliphatic rings. The fourth-order valence-electron chi connectivity index (χ4n) is 2.40. The van der Waals surface area contributed by atoms with Gasteiger partial charge in [0.2, 0.25) is 5.91 Å². The van der Waals surface area contributed by atoms with Gasteiger partial charge >= 0.3 is 0 Å². The first-order valence-corrected chi connectivity index (χ1v) is 8.80. The number of nitrogens with zero attached hydrogens (tertiary/aromatic N) is 3. The second kappa shape index (κ2) is 13.6. The average Bonchev–Trinajstić information content (AvgIpc) is 3.03. The number of methoxy groups -OCH3 is 1. The molecule has 1 saturated heterocycles. The van der Waals surface area contributed by atoms with Gasteiger partial charge in [-0.25, -0.2) is 4.99 Å². The Hall–Kier alpha value is -0.610. The second-order valence-corrected chi connectivity index (χ2v) is 6.55.